The minimum Gasteiger partial charge on any atom is -0.433 e. The van der Waals surface area contributed by atoms with Crippen LogP contribution in [0.4, 0.5) is 0 Å². The first-order valence-electron chi connectivity index (χ1n) is 2.62. The molecule has 0 amide bonds. The fourth-order valence-corrected chi connectivity index (χ4v) is 0.584. The molecular weight excluding hydrogens is 136 g/mol. The summed E-state index contributed by atoms with van der Waals surface area (Å²) >= 11 is 0. The van der Waals surface area contributed by atoms with Crippen molar-refractivity contribution in [2.45, 2.75) is 0 Å². The van der Waals surface area contributed by atoms with Crippen LogP contribution in [0.2, 0.25) is 0 Å². The minimum atomic E-state index is -1.25. The molecule has 1 rings (SSSR count). The Morgan fingerprint density at radius 1 is 1.50 bits per heavy atom. The molecule has 1 unspecified atom stereocenters. The van der Waals surface area contributed by atoms with Crippen molar-refractivity contribution >= 4 is 18.0 Å². The van der Waals surface area contributed by atoms with E-state index in [4.69, 9.17) is 0 Å². The molecule has 0 spiro atoms. The smallest absolute Gasteiger partial charge is 0.328 e. The number of esters is 1. The van der Waals surface area contributed by atoms with Crippen LogP contribution in [0.1, 0.15) is 0 Å². The van der Waals surface area contributed by atoms with Gasteiger partial charge >= 0.3 is 5.97 Å². The zero-order valence-corrected chi connectivity index (χ0v) is 4.94. The van der Waals surface area contributed by atoms with Gasteiger partial charge < -0.3 is 9.53 Å². The van der Waals surface area contributed by atoms with E-state index in [2.05, 4.69) is 4.74 Å². The van der Waals surface area contributed by atoms with Gasteiger partial charge in [-0.05, 0) is 0 Å². The Balaban J connectivity index is 2.87. The Kier molecular flexibility index (Phi) is 1.62. The van der Waals surface area contributed by atoms with Crippen LogP contribution in [0.5, 0.6) is 0 Å². The number of carbonyl (C=O) groups excluding carboxylic acids is 3. The van der Waals surface area contributed by atoms with Crippen LogP contribution in [0.25, 0.3) is 0 Å². The highest BCUT2D eigenvalue weighted by atomic mass is 16.5. The molecule has 0 N–H and O–H groups in total. The number of allylic oxidation sites excluding steroid dienone is 1. The molecule has 4 heteroatoms. The number of hydrogen-bond acceptors (Lipinski definition) is 4. The summed E-state index contributed by atoms with van der Waals surface area (Å²) in [6.45, 7) is 0. The van der Waals surface area contributed by atoms with E-state index in [9.17, 15) is 14.4 Å². The molecule has 1 aliphatic heterocycles. The van der Waals surface area contributed by atoms with Crippen LogP contribution in [-0.4, -0.2) is 18.0 Å². The Labute approximate surface area is 56.5 Å². The van der Waals surface area contributed by atoms with E-state index in [1.54, 1.807) is 0 Å². The lowest BCUT2D eigenvalue weighted by molar-refractivity contribution is -0.148. The summed E-state index contributed by atoms with van der Waals surface area (Å²) < 4.78 is 4.28. The number of hydrogen-bond donors (Lipinski definition) is 0. The predicted octanol–water partition coefficient (Wildman–Crippen LogP) is -0.559. The number of ether oxygens (including phenoxy) is 1. The molecule has 0 aromatic heterocycles. The monoisotopic (exact) mass is 140 g/mol. The second kappa shape index (κ2) is 2.43. The third kappa shape index (κ3) is 0.953. The fourth-order valence-electron chi connectivity index (χ4n) is 0.584. The van der Waals surface area contributed by atoms with Gasteiger partial charge in [0.05, 0.1) is 6.26 Å². The molecule has 4 nitrogen and oxygen atoms in total. The van der Waals surface area contributed by atoms with Crippen LogP contribution in [0, 0.1) is 5.92 Å². The Hall–Kier alpha value is -1.45. The van der Waals surface area contributed by atoms with Crippen molar-refractivity contribution in [2.75, 3.05) is 0 Å². The van der Waals surface area contributed by atoms with Crippen molar-refractivity contribution in [1.29, 1.82) is 0 Å². The van der Waals surface area contributed by atoms with Crippen molar-refractivity contribution in [3.63, 3.8) is 0 Å². The Morgan fingerprint density at radius 3 is 2.60 bits per heavy atom. The molecular formula is C6H4O4. The lowest BCUT2D eigenvalue weighted by Crippen LogP contribution is -2.27. The molecule has 0 radical (unpaired) electrons. The van der Waals surface area contributed by atoms with Crippen LogP contribution in [0.3, 0.4) is 0 Å². The highest BCUT2D eigenvalue weighted by Gasteiger charge is 2.28. The SMILES string of the molecule is O=CC1C(=O)C=COC1=O. The van der Waals surface area contributed by atoms with Gasteiger partial charge in [-0.2, -0.15) is 0 Å². The predicted molar refractivity (Wildman–Crippen MR) is 29.8 cm³/mol. The maximum absolute atomic E-state index is 10.6. The number of aldehydes is 1. The summed E-state index contributed by atoms with van der Waals surface area (Å²) in [7, 11) is 0. The molecule has 0 bridgehead atoms. The van der Waals surface area contributed by atoms with Gasteiger partial charge in [0.25, 0.3) is 0 Å². The topological polar surface area (TPSA) is 60.4 Å². The standard InChI is InChI=1S/C6H4O4/c7-3-4-5(8)1-2-10-6(4)9/h1-4H. The van der Waals surface area contributed by atoms with E-state index in [1.165, 1.54) is 0 Å². The molecule has 0 saturated heterocycles. The van der Waals surface area contributed by atoms with Gasteiger partial charge in [0.1, 0.15) is 6.29 Å². The van der Waals surface area contributed by atoms with Gasteiger partial charge in [-0.1, -0.05) is 0 Å². The Morgan fingerprint density at radius 2 is 2.20 bits per heavy atom. The maximum atomic E-state index is 10.6. The summed E-state index contributed by atoms with van der Waals surface area (Å²) in [5.74, 6) is -2.57. The number of cyclic esters (lactones) is 1. The first kappa shape index (κ1) is 6.67. The van der Waals surface area contributed by atoms with Crippen LogP contribution in [0.15, 0.2) is 12.3 Å². The second-order valence-electron chi connectivity index (χ2n) is 1.76. The third-order valence-electron chi connectivity index (χ3n) is 1.11. The zero-order valence-electron chi connectivity index (χ0n) is 4.94. The molecule has 1 heterocycles. The Bertz CT molecular complexity index is 216. The summed E-state index contributed by atoms with van der Waals surface area (Å²) in [6, 6.07) is 0. The molecule has 0 fully saturated rings. The van der Waals surface area contributed by atoms with Gasteiger partial charge in [-0.15, -0.1) is 0 Å². The minimum absolute atomic E-state index is 0.272. The van der Waals surface area contributed by atoms with Crippen molar-refractivity contribution in [1.82, 2.24) is 0 Å². The van der Waals surface area contributed by atoms with Crippen molar-refractivity contribution in [3.8, 4) is 0 Å². The lowest BCUT2D eigenvalue weighted by atomic mass is 10.1. The number of carbonyl (C=O) groups is 3. The fraction of sp³-hybridized carbons (Fsp3) is 0.167. The molecule has 10 heavy (non-hydrogen) atoms. The van der Waals surface area contributed by atoms with E-state index in [-0.39, 0.29) is 6.29 Å². The molecule has 52 valence electrons. The summed E-state index contributed by atoms with van der Waals surface area (Å²) in [5, 5.41) is 0. The van der Waals surface area contributed by atoms with E-state index in [0.29, 0.717) is 0 Å². The summed E-state index contributed by atoms with van der Waals surface area (Å²) in [5.41, 5.74) is 0. The van der Waals surface area contributed by atoms with Crippen molar-refractivity contribution in [3.05, 3.63) is 12.3 Å². The second-order valence-corrected chi connectivity index (χ2v) is 1.76. The summed E-state index contributed by atoms with van der Waals surface area (Å²) in [6.07, 6.45) is 2.30. The lowest BCUT2D eigenvalue weighted by Gasteiger charge is -2.07. The first-order chi connectivity index (χ1) is 4.75. The first-order valence-corrected chi connectivity index (χ1v) is 2.62. The van der Waals surface area contributed by atoms with Crippen molar-refractivity contribution in [2.24, 2.45) is 5.92 Å². The normalized spacial score (nSPS) is 24.2. The highest BCUT2D eigenvalue weighted by molar-refractivity contribution is 6.16. The van der Waals surface area contributed by atoms with Gasteiger partial charge in [0, 0.05) is 6.08 Å². The van der Waals surface area contributed by atoms with E-state index >= 15 is 0 Å². The van der Waals surface area contributed by atoms with Crippen LogP contribution >= 0.6 is 0 Å². The van der Waals surface area contributed by atoms with E-state index in [1.807, 2.05) is 0 Å². The van der Waals surface area contributed by atoms with Gasteiger partial charge in [0.15, 0.2) is 11.7 Å². The molecule has 1 aliphatic rings. The zero-order chi connectivity index (χ0) is 7.56. The van der Waals surface area contributed by atoms with Gasteiger partial charge in [0.2, 0.25) is 0 Å². The molecule has 0 aromatic carbocycles. The van der Waals surface area contributed by atoms with Crippen molar-refractivity contribution < 1.29 is 19.1 Å². The molecule has 0 aliphatic carbocycles. The number of rotatable bonds is 1. The van der Waals surface area contributed by atoms with Crippen LogP contribution < -0.4 is 0 Å². The van der Waals surface area contributed by atoms with E-state index in [0.717, 1.165) is 12.3 Å². The van der Waals surface area contributed by atoms with E-state index < -0.39 is 17.7 Å². The highest BCUT2D eigenvalue weighted by Crippen LogP contribution is 2.05. The van der Waals surface area contributed by atoms with Gasteiger partial charge in [-0.3, -0.25) is 9.59 Å². The molecule has 0 aromatic rings. The maximum Gasteiger partial charge on any atom is 0.328 e. The summed E-state index contributed by atoms with van der Waals surface area (Å²) in [4.78, 5) is 31.2. The average Bonchev–Trinajstić information content (AvgIpc) is 1.88. The van der Waals surface area contributed by atoms with Crippen LogP contribution in [-0.2, 0) is 19.1 Å². The van der Waals surface area contributed by atoms with Gasteiger partial charge in [-0.25, -0.2) is 0 Å². The number of ketones is 1. The average molecular weight is 140 g/mol. The molecule has 0 saturated carbocycles. The third-order valence-corrected chi connectivity index (χ3v) is 1.11. The largest absolute Gasteiger partial charge is 0.433 e. The quantitative estimate of drug-likeness (QED) is 0.278. The molecule has 1 atom stereocenters.